The summed E-state index contributed by atoms with van der Waals surface area (Å²) in [6.07, 6.45) is 0. The van der Waals surface area contributed by atoms with Crippen LogP contribution in [0.4, 0.5) is 4.39 Å². The van der Waals surface area contributed by atoms with Gasteiger partial charge < -0.3 is 15.6 Å². The highest BCUT2D eigenvalue weighted by molar-refractivity contribution is 5.36. The maximum absolute atomic E-state index is 13.3. The van der Waals surface area contributed by atoms with E-state index in [0.29, 0.717) is 5.56 Å². The monoisotopic (exact) mass is 199 g/mol. The summed E-state index contributed by atoms with van der Waals surface area (Å²) in [5.74, 6) is -0.315. The fourth-order valence-corrected chi connectivity index (χ4v) is 1.18. The zero-order valence-corrected chi connectivity index (χ0v) is 8.03. The van der Waals surface area contributed by atoms with Gasteiger partial charge in [-0.25, -0.2) is 4.39 Å². The first-order valence-electron chi connectivity index (χ1n) is 4.44. The van der Waals surface area contributed by atoms with Crippen molar-refractivity contribution in [3.8, 4) is 5.75 Å². The van der Waals surface area contributed by atoms with Gasteiger partial charge in [0.15, 0.2) is 11.6 Å². The molecule has 0 unspecified atom stereocenters. The number of hydrogen-bond acceptors (Lipinski definition) is 3. The minimum Gasteiger partial charge on any atom is -0.488 e. The van der Waals surface area contributed by atoms with Gasteiger partial charge in [-0.1, -0.05) is 12.1 Å². The molecule has 1 aromatic carbocycles. The summed E-state index contributed by atoms with van der Waals surface area (Å²) in [5.41, 5.74) is 6.26. The highest BCUT2D eigenvalue weighted by Gasteiger charge is 2.12. The lowest BCUT2D eigenvalue weighted by molar-refractivity contribution is 0.195. The first kappa shape index (κ1) is 10.9. The minimum atomic E-state index is -0.451. The van der Waals surface area contributed by atoms with Gasteiger partial charge in [0.25, 0.3) is 0 Å². The van der Waals surface area contributed by atoms with Gasteiger partial charge in [0, 0.05) is 11.6 Å². The summed E-state index contributed by atoms with van der Waals surface area (Å²) in [4.78, 5) is 0. The Labute approximate surface area is 82.3 Å². The third-order valence-electron chi connectivity index (χ3n) is 1.83. The zero-order chi connectivity index (χ0) is 10.6. The number of halogens is 1. The molecule has 0 aliphatic rings. The molecule has 0 radical (unpaired) electrons. The standard InChI is InChI=1S/C10H14FNO2/c1-7(12)8-3-2-4-9(11)10(8)14-6-5-13/h2-4,7,13H,5-6,12H2,1H3/t7-/m1/s1. The van der Waals surface area contributed by atoms with E-state index in [1.54, 1.807) is 19.1 Å². The van der Waals surface area contributed by atoms with Gasteiger partial charge in [-0.05, 0) is 13.0 Å². The van der Waals surface area contributed by atoms with Crippen LogP contribution in [0.25, 0.3) is 0 Å². The van der Waals surface area contributed by atoms with Crippen molar-refractivity contribution >= 4 is 0 Å². The van der Waals surface area contributed by atoms with Crippen LogP contribution in [0, 0.1) is 5.82 Å². The van der Waals surface area contributed by atoms with Crippen LogP contribution in [0.1, 0.15) is 18.5 Å². The lowest BCUT2D eigenvalue weighted by Gasteiger charge is -2.13. The van der Waals surface area contributed by atoms with Gasteiger partial charge in [-0.3, -0.25) is 0 Å². The molecule has 78 valence electrons. The number of aliphatic hydroxyl groups is 1. The number of benzene rings is 1. The van der Waals surface area contributed by atoms with E-state index in [4.69, 9.17) is 15.6 Å². The summed E-state index contributed by atoms with van der Waals surface area (Å²) in [6, 6.07) is 4.30. The molecular weight excluding hydrogens is 185 g/mol. The van der Waals surface area contributed by atoms with E-state index in [2.05, 4.69) is 0 Å². The van der Waals surface area contributed by atoms with Crippen LogP contribution in [0.15, 0.2) is 18.2 Å². The number of nitrogens with two attached hydrogens (primary N) is 1. The average Bonchev–Trinajstić information content (AvgIpc) is 2.15. The Morgan fingerprint density at radius 1 is 1.57 bits per heavy atom. The van der Waals surface area contributed by atoms with Crippen molar-refractivity contribution in [3.63, 3.8) is 0 Å². The minimum absolute atomic E-state index is 0.0701. The molecule has 3 nitrogen and oxygen atoms in total. The van der Waals surface area contributed by atoms with E-state index in [1.807, 2.05) is 0 Å². The third kappa shape index (κ3) is 2.43. The molecule has 4 heteroatoms. The summed E-state index contributed by atoms with van der Waals surface area (Å²) in [6.45, 7) is 1.67. The van der Waals surface area contributed by atoms with Crippen molar-refractivity contribution in [2.24, 2.45) is 5.73 Å². The van der Waals surface area contributed by atoms with Gasteiger partial charge in [0.05, 0.1) is 6.61 Å². The molecule has 0 aliphatic carbocycles. The van der Waals surface area contributed by atoms with E-state index in [-0.39, 0.29) is 25.0 Å². The second-order valence-corrected chi connectivity index (χ2v) is 3.02. The molecule has 0 saturated heterocycles. The quantitative estimate of drug-likeness (QED) is 0.766. The molecule has 0 heterocycles. The Balaban J connectivity index is 2.96. The van der Waals surface area contributed by atoms with E-state index in [1.165, 1.54) is 6.07 Å². The lowest BCUT2D eigenvalue weighted by Crippen LogP contribution is -2.11. The Hall–Kier alpha value is -1.13. The maximum atomic E-state index is 13.3. The van der Waals surface area contributed by atoms with Gasteiger partial charge in [0.1, 0.15) is 6.61 Å². The van der Waals surface area contributed by atoms with Gasteiger partial charge in [-0.2, -0.15) is 0 Å². The molecule has 0 bridgehead atoms. The molecule has 0 spiro atoms. The molecule has 0 saturated carbocycles. The molecule has 0 aromatic heterocycles. The summed E-state index contributed by atoms with van der Waals surface area (Å²) in [7, 11) is 0. The smallest absolute Gasteiger partial charge is 0.165 e. The topological polar surface area (TPSA) is 55.5 Å². The van der Waals surface area contributed by atoms with Crippen molar-refractivity contribution in [1.29, 1.82) is 0 Å². The molecule has 0 amide bonds. The third-order valence-corrected chi connectivity index (χ3v) is 1.83. The molecule has 14 heavy (non-hydrogen) atoms. The van der Waals surface area contributed by atoms with Crippen molar-refractivity contribution in [2.45, 2.75) is 13.0 Å². The highest BCUT2D eigenvalue weighted by atomic mass is 19.1. The highest BCUT2D eigenvalue weighted by Crippen LogP contribution is 2.26. The normalized spacial score (nSPS) is 12.6. The fraction of sp³-hybridized carbons (Fsp3) is 0.400. The first-order valence-corrected chi connectivity index (χ1v) is 4.44. The molecule has 0 fully saturated rings. The van der Waals surface area contributed by atoms with Crippen molar-refractivity contribution < 1.29 is 14.2 Å². The number of ether oxygens (including phenoxy) is 1. The SMILES string of the molecule is C[C@@H](N)c1cccc(F)c1OCCO. The van der Waals surface area contributed by atoms with Crippen molar-refractivity contribution in [2.75, 3.05) is 13.2 Å². The Kier molecular flexibility index (Phi) is 3.85. The number of para-hydroxylation sites is 1. The molecule has 1 atom stereocenters. The van der Waals surface area contributed by atoms with E-state index in [0.717, 1.165) is 0 Å². The Morgan fingerprint density at radius 2 is 2.29 bits per heavy atom. The second kappa shape index (κ2) is 4.93. The van der Waals surface area contributed by atoms with Crippen LogP contribution in [0.5, 0.6) is 5.75 Å². The Bertz CT molecular complexity index is 302. The summed E-state index contributed by atoms with van der Waals surface area (Å²) in [5, 5.41) is 8.57. The second-order valence-electron chi connectivity index (χ2n) is 3.02. The van der Waals surface area contributed by atoms with Crippen LogP contribution < -0.4 is 10.5 Å². The first-order chi connectivity index (χ1) is 6.66. The predicted molar refractivity (Wildman–Crippen MR) is 51.6 cm³/mol. The van der Waals surface area contributed by atoms with Crippen LogP contribution in [-0.4, -0.2) is 18.3 Å². The molecule has 1 rings (SSSR count). The largest absolute Gasteiger partial charge is 0.488 e. The lowest BCUT2D eigenvalue weighted by atomic mass is 10.1. The van der Waals surface area contributed by atoms with Crippen molar-refractivity contribution in [3.05, 3.63) is 29.6 Å². The fourth-order valence-electron chi connectivity index (χ4n) is 1.18. The van der Waals surface area contributed by atoms with Crippen LogP contribution in [0.3, 0.4) is 0 Å². The van der Waals surface area contributed by atoms with Gasteiger partial charge in [-0.15, -0.1) is 0 Å². The number of aliphatic hydroxyl groups excluding tert-OH is 1. The van der Waals surface area contributed by atoms with Crippen LogP contribution >= 0.6 is 0 Å². The maximum Gasteiger partial charge on any atom is 0.165 e. The Morgan fingerprint density at radius 3 is 2.86 bits per heavy atom. The average molecular weight is 199 g/mol. The van der Waals surface area contributed by atoms with Crippen LogP contribution in [-0.2, 0) is 0 Å². The molecule has 3 N–H and O–H groups in total. The molecule has 0 aliphatic heterocycles. The molecule has 1 aromatic rings. The zero-order valence-electron chi connectivity index (χ0n) is 8.03. The molecular formula is C10H14FNO2. The van der Waals surface area contributed by atoms with E-state index >= 15 is 0 Å². The van der Waals surface area contributed by atoms with E-state index < -0.39 is 5.82 Å². The summed E-state index contributed by atoms with van der Waals surface area (Å²) < 4.78 is 18.3. The summed E-state index contributed by atoms with van der Waals surface area (Å²) >= 11 is 0. The number of hydrogen-bond donors (Lipinski definition) is 2. The van der Waals surface area contributed by atoms with Gasteiger partial charge in [0.2, 0.25) is 0 Å². The van der Waals surface area contributed by atoms with Gasteiger partial charge >= 0.3 is 0 Å². The van der Waals surface area contributed by atoms with Crippen molar-refractivity contribution in [1.82, 2.24) is 0 Å². The predicted octanol–water partition coefficient (Wildman–Crippen LogP) is 1.22. The van der Waals surface area contributed by atoms with Crippen LogP contribution in [0.2, 0.25) is 0 Å². The number of rotatable bonds is 4. The van der Waals surface area contributed by atoms with E-state index in [9.17, 15) is 4.39 Å².